The van der Waals surface area contributed by atoms with Crippen LogP contribution in [0.4, 0.5) is 5.69 Å². The van der Waals surface area contributed by atoms with Crippen LogP contribution in [0.5, 0.6) is 0 Å². The quantitative estimate of drug-likeness (QED) is 0.671. The number of benzene rings is 2. The molecule has 136 valence electrons. The lowest BCUT2D eigenvalue weighted by Crippen LogP contribution is -2.18. The van der Waals surface area contributed by atoms with Crippen LogP contribution in [0.1, 0.15) is 22.8 Å². The molecule has 4 heteroatoms. The predicted octanol–water partition coefficient (Wildman–Crippen LogP) is 4.86. The number of anilines is 1. The maximum atomic E-state index is 12.8. The van der Waals surface area contributed by atoms with E-state index in [2.05, 4.69) is 23.5 Å². The summed E-state index contributed by atoms with van der Waals surface area (Å²) in [5.41, 5.74) is 5.76. The van der Waals surface area contributed by atoms with Gasteiger partial charge in [0.05, 0.1) is 11.4 Å². The number of carbonyl (C=O) groups is 2. The molecule has 0 atom stereocenters. The van der Waals surface area contributed by atoms with Crippen LogP contribution >= 0.6 is 0 Å². The van der Waals surface area contributed by atoms with E-state index in [1.165, 1.54) is 6.08 Å². The molecule has 2 aliphatic rings. The van der Waals surface area contributed by atoms with Crippen molar-refractivity contribution in [3.63, 3.8) is 0 Å². The molecule has 1 N–H and O–H groups in total. The second-order valence-electron chi connectivity index (χ2n) is 6.53. The Balaban J connectivity index is 1.68. The van der Waals surface area contributed by atoms with Gasteiger partial charge in [0.2, 0.25) is 5.78 Å². The number of allylic oxidation sites excluding steroid dienone is 3. The Hall–Kier alpha value is -3.79. The zero-order valence-electron chi connectivity index (χ0n) is 15.5. The minimum Gasteiger partial charge on any atom is -0.352 e. The third-order valence-electron chi connectivity index (χ3n) is 4.83. The van der Waals surface area contributed by atoms with Crippen LogP contribution in [0.3, 0.4) is 0 Å². The Morgan fingerprint density at radius 3 is 2.39 bits per heavy atom. The maximum absolute atomic E-state index is 12.8. The SMILES string of the molecule is C=CC1=C(N=CC)C(=C)C=C(Nc2ccc3c(c2)C(=O)c2ccccc2-3)C1=O. The fourth-order valence-electron chi connectivity index (χ4n) is 3.56. The molecular formula is C24H18N2O2. The number of fused-ring (bicyclic) bond motifs is 3. The molecular weight excluding hydrogens is 348 g/mol. The fourth-order valence-corrected chi connectivity index (χ4v) is 3.56. The highest BCUT2D eigenvalue weighted by Crippen LogP contribution is 2.38. The van der Waals surface area contributed by atoms with Gasteiger partial charge in [-0.2, -0.15) is 0 Å². The molecule has 4 nitrogen and oxygen atoms in total. The molecule has 0 saturated heterocycles. The number of nitrogens with zero attached hydrogens (tertiary/aromatic N) is 1. The van der Waals surface area contributed by atoms with Crippen LogP contribution in [0.2, 0.25) is 0 Å². The largest absolute Gasteiger partial charge is 0.352 e. The average molecular weight is 366 g/mol. The van der Waals surface area contributed by atoms with Crippen LogP contribution in [-0.2, 0) is 4.79 Å². The second-order valence-corrected chi connectivity index (χ2v) is 6.53. The number of ketones is 2. The summed E-state index contributed by atoms with van der Waals surface area (Å²) in [4.78, 5) is 29.8. The van der Waals surface area contributed by atoms with E-state index in [9.17, 15) is 9.59 Å². The first-order valence-corrected chi connectivity index (χ1v) is 8.91. The Labute approximate surface area is 163 Å². The number of rotatable bonds is 4. The van der Waals surface area contributed by atoms with Crippen LogP contribution in [0, 0.1) is 0 Å². The van der Waals surface area contributed by atoms with Crippen molar-refractivity contribution in [3.8, 4) is 11.1 Å². The van der Waals surface area contributed by atoms with Gasteiger partial charge in [0.15, 0.2) is 5.78 Å². The second kappa shape index (κ2) is 6.74. The van der Waals surface area contributed by atoms with Crippen molar-refractivity contribution in [1.82, 2.24) is 0 Å². The summed E-state index contributed by atoms with van der Waals surface area (Å²) in [7, 11) is 0. The highest BCUT2D eigenvalue weighted by atomic mass is 16.1. The first-order chi connectivity index (χ1) is 13.5. The number of Topliss-reactive ketones (excluding diaryl/α,β-unsaturated/α-hetero) is 1. The number of hydrogen-bond acceptors (Lipinski definition) is 4. The van der Waals surface area contributed by atoms with E-state index in [-0.39, 0.29) is 11.6 Å². The minimum absolute atomic E-state index is 0.00569. The van der Waals surface area contributed by atoms with Gasteiger partial charge < -0.3 is 5.32 Å². The van der Waals surface area contributed by atoms with E-state index in [4.69, 9.17) is 0 Å². The molecule has 0 fully saturated rings. The smallest absolute Gasteiger partial charge is 0.211 e. The molecule has 2 aliphatic carbocycles. The lowest BCUT2D eigenvalue weighted by atomic mass is 9.95. The van der Waals surface area contributed by atoms with E-state index in [0.717, 1.165) is 11.1 Å². The van der Waals surface area contributed by atoms with Crippen LogP contribution in [0.25, 0.3) is 11.1 Å². The third kappa shape index (κ3) is 2.67. The van der Waals surface area contributed by atoms with Gasteiger partial charge in [0.25, 0.3) is 0 Å². The highest BCUT2D eigenvalue weighted by Gasteiger charge is 2.27. The molecule has 0 radical (unpaired) electrons. The highest BCUT2D eigenvalue weighted by molar-refractivity contribution is 6.22. The van der Waals surface area contributed by atoms with Gasteiger partial charge in [-0.05, 0) is 41.8 Å². The monoisotopic (exact) mass is 366 g/mol. The minimum atomic E-state index is -0.210. The zero-order chi connectivity index (χ0) is 19.8. The lowest BCUT2D eigenvalue weighted by molar-refractivity contribution is -0.111. The van der Waals surface area contributed by atoms with E-state index >= 15 is 0 Å². The standard InChI is InChI=1S/C24H18N2O2/c1-4-16-22(25-5-2)14(3)12-21(24(16)28)26-15-10-11-18-17-8-6-7-9-19(17)23(27)20(18)13-15/h4-13,26H,1,3H2,2H3. The Bertz CT molecular complexity index is 1160. The zero-order valence-corrected chi connectivity index (χ0v) is 15.5. The van der Waals surface area contributed by atoms with Gasteiger partial charge >= 0.3 is 0 Å². The molecule has 0 saturated carbocycles. The Kier molecular flexibility index (Phi) is 4.24. The van der Waals surface area contributed by atoms with Gasteiger partial charge in [-0.25, -0.2) is 0 Å². The van der Waals surface area contributed by atoms with Crippen molar-refractivity contribution in [1.29, 1.82) is 0 Å². The Morgan fingerprint density at radius 2 is 1.68 bits per heavy atom. The van der Waals surface area contributed by atoms with Crippen LogP contribution in [0.15, 0.2) is 95.3 Å². The van der Waals surface area contributed by atoms with E-state index in [1.54, 1.807) is 25.3 Å². The summed E-state index contributed by atoms with van der Waals surface area (Å²) in [6, 6.07) is 13.1. The first kappa shape index (κ1) is 17.6. The molecule has 2 aromatic carbocycles. The van der Waals surface area contributed by atoms with Gasteiger partial charge in [-0.15, -0.1) is 0 Å². The van der Waals surface area contributed by atoms with Crippen molar-refractivity contribution in [2.45, 2.75) is 6.92 Å². The average Bonchev–Trinajstić information content (AvgIpc) is 2.98. The van der Waals surface area contributed by atoms with Gasteiger partial charge in [-0.1, -0.05) is 49.6 Å². The molecule has 0 amide bonds. The summed E-state index contributed by atoms with van der Waals surface area (Å²) in [6.07, 6.45) is 4.78. The molecule has 2 aromatic rings. The van der Waals surface area contributed by atoms with Crippen molar-refractivity contribution in [3.05, 3.63) is 101 Å². The molecule has 28 heavy (non-hydrogen) atoms. The van der Waals surface area contributed by atoms with E-state index in [1.807, 2.05) is 36.4 Å². The van der Waals surface area contributed by atoms with E-state index in [0.29, 0.717) is 39.4 Å². The lowest BCUT2D eigenvalue weighted by Gasteiger charge is -2.18. The first-order valence-electron chi connectivity index (χ1n) is 8.91. The summed E-state index contributed by atoms with van der Waals surface area (Å²) >= 11 is 0. The normalized spacial score (nSPS) is 15.6. The number of aliphatic imine (C=N–C) groups is 1. The molecule has 0 bridgehead atoms. The molecule has 4 rings (SSSR count). The number of nitrogens with one attached hydrogen (secondary N) is 1. The topological polar surface area (TPSA) is 58.5 Å². The molecule has 0 aliphatic heterocycles. The van der Waals surface area contributed by atoms with Gasteiger partial charge in [0.1, 0.15) is 0 Å². The van der Waals surface area contributed by atoms with Crippen LogP contribution in [-0.4, -0.2) is 17.8 Å². The molecule has 0 unspecified atom stereocenters. The van der Waals surface area contributed by atoms with E-state index < -0.39 is 0 Å². The predicted molar refractivity (Wildman–Crippen MR) is 113 cm³/mol. The molecule has 0 heterocycles. The number of hydrogen-bond donors (Lipinski definition) is 1. The maximum Gasteiger partial charge on any atom is 0.211 e. The van der Waals surface area contributed by atoms with Gasteiger partial charge in [0, 0.05) is 28.6 Å². The summed E-state index contributed by atoms with van der Waals surface area (Å²) < 4.78 is 0. The third-order valence-corrected chi connectivity index (χ3v) is 4.83. The van der Waals surface area contributed by atoms with Gasteiger partial charge in [-0.3, -0.25) is 14.6 Å². The molecule has 0 aromatic heterocycles. The van der Waals surface area contributed by atoms with Crippen LogP contribution < -0.4 is 5.32 Å². The van der Waals surface area contributed by atoms with Crippen molar-refractivity contribution in [2.75, 3.05) is 5.32 Å². The molecule has 0 spiro atoms. The number of carbonyl (C=O) groups excluding carboxylic acids is 2. The summed E-state index contributed by atoms with van der Waals surface area (Å²) in [5.74, 6) is -0.216. The van der Waals surface area contributed by atoms with Crippen molar-refractivity contribution >= 4 is 23.5 Å². The Morgan fingerprint density at radius 1 is 0.964 bits per heavy atom. The summed E-state index contributed by atoms with van der Waals surface area (Å²) in [5, 5.41) is 3.13. The fraction of sp³-hybridized carbons (Fsp3) is 0.0417. The summed E-state index contributed by atoms with van der Waals surface area (Å²) in [6.45, 7) is 9.50. The van der Waals surface area contributed by atoms with Crippen molar-refractivity contribution < 1.29 is 9.59 Å². The van der Waals surface area contributed by atoms with Crippen molar-refractivity contribution in [2.24, 2.45) is 4.99 Å².